The molecule has 4 rings (SSSR count). The molecule has 0 N–H and O–H groups in total. The lowest BCUT2D eigenvalue weighted by Crippen LogP contribution is -2.10. The predicted octanol–water partition coefficient (Wildman–Crippen LogP) is 7.55. The summed E-state index contributed by atoms with van der Waals surface area (Å²) in [6.07, 6.45) is 3.19. The molecular weight excluding hydrogens is 404 g/mol. The molecule has 0 aliphatic carbocycles. The van der Waals surface area contributed by atoms with Gasteiger partial charge < -0.3 is 9.30 Å². The third-order valence-corrected chi connectivity index (χ3v) is 6.26. The second kappa shape index (κ2) is 10.7. The molecule has 1 aromatic heterocycles. The zero-order valence-electron chi connectivity index (χ0n) is 20.4. The predicted molar refractivity (Wildman–Crippen MR) is 138 cm³/mol. The molecule has 0 aliphatic heterocycles. The smallest absolute Gasteiger partial charge is 0.119 e. The van der Waals surface area contributed by atoms with Crippen molar-refractivity contribution in [1.29, 1.82) is 0 Å². The Kier molecular flexibility index (Phi) is 7.49. The lowest BCUT2D eigenvalue weighted by molar-refractivity contribution is 0.303. The fourth-order valence-electron chi connectivity index (χ4n) is 4.42. The van der Waals surface area contributed by atoms with Gasteiger partial charge in [-0.15, -0.1) is 0 Å². The Balaban J connectivity index is 1.45. The van der Waals surface area contributed by atoms with Gasteiger partial charge in [0.25, 0.3) is 0 Å². The summed E-state index contributed by atoms with van der Waals surface area (Å²) >= 11 is 0. The second-order valence-electron chi connectivity index (χ2n) is 9.54. The minimum absolute atomic E-state index is 0.245. The molecule has 1 atom stereocenters. The van der Waals surface area contributed by atoms with Gasteiger partial charge in [0.05, 0.1) is 17.6 Å². The van der Waals surface area contributed by atoms with E-state index in [-0.39, 0.29) is 5.92 Å². The van der Waals surface area contributed by atoms with Crippen molar-refractivity contribution in [3.05, 3.63) is 95.3 Å². The fourth-order valence-corrected chi connectivity index (χ4v) is 4.42. The first-order valence-electron chi connectivity index (χ1n) is 12.2. The lowest BCUT2D eigenvalue weighted by atomic mass is 9.96. The van der Waals surface area contributed by atoms with Crippen LogP contribution in [0, 0.1) is 12.8 Å². The van der Waals surface area contributed by atoms with E-state index >= 15 is 0 Å². The maximum atomic E-state index is 5.93. The number of para-hydroxylation sites is 2. The average molecular weight is 441 g/mol. The highest BCUT2D eigenvalue weighted by Gasteiger charge is 2.18. The molecule has 0 aliphatic rings. The van der Waals surface area contributed by atoms with Crippen LogP contribution in [0.2, 0.25) is 0 Å². The number of ether oxygens (including phenoxy) is 1. The van der Waals surface area contributed by atoms with Crippen LogP contribution in [-0.2, 0) is 13.0 Å². The minimum Gasteiger partial charge on any atom is -0.494 e. The molecule has 1 heterocycles. The second-order valence-corrected chi connectivity index (χ2v) is 9.54. The van der Waals surface area contributed by atoms with Crippen molar-refractivity contribution in [1.82, 2.24) is 9.55 Å². The van der Waals surface area contributed by atoms with Gasteiger partial charge in [-0.1, -0.05) is 74.9 Å². The topological polar surface area (TPSA) is 27.1 Å². The number of fused-ring (bicyclic) bond motifs is 1. The van der Waals surface area contributed by atoms with Gasteiger partial charge >= 0.3 is 0 Å². The zero-order chi connectivity index (χ0) is 23.2. The highest BCUT2D eigenvalue weighted by atomic mass is 16.5. The standard InChI is InChI=1S/C30H36N2O/c1-22(2)21-25-13-15-26(16-14-25)24(4)30-31-28-9-5-6-10-29(28)32(30)19-7-8-20-33-27-17-11-23(3)12-18-27/h5-6,9-18,22,24H,7-8,19-21H2,1-4H3. The Labute approximate surface area is 198 Å². The first kappa shape index (κ1) is 23.1. The van der Waals surface area contributed by atoms with E-state index in [1.807, 2.05) is 12.1 Å². The molecule has 3 nitrogen and oxygen atoms in total. The Morgan fingerprint density at radius 2 is 1.58 bits per heavy atom. The van der Waals surface area contributed by atoms with E-state index < -0.39 is 0 Å². The van der Waals surface area contributed by atoms with Crippen molar-refractivity contribution in [2.75, 3.05) is 6.61 Å². The van der Waals surface area contributed by atoms with Crippen LogP contribution in [0.4, 0.5) is 0 Å². The van der Waals surface area contributed by atoms with Crippen LogP contribution in [0.3, 0.4) is 0 Å². The number of nitrogens with zero attached hydrogens (tertiary/aromatic N) is 2. The van der Waals surface area contributed by atoms with Gasteiger partial charge in [-0.2, -0.15) is 0 Å². The van der Waals surface area contributed by atoms with Crippen molar-refractivity contribution in [3.63, 3.8) is 0 Å². The Hall–Kier alpha value is -3.07. The number of rotatable bonds is 10. The van der Waals surface area contributed by atoms with Gasteiger partial charge in [-0.25, -0.2) is 4.98 Å². The number of benzene rings is 3. The van der Waals surface area contributed by atoms with Crippen molar-refractivity contribution >= 4 is 11.0 Å². The molecule has 3 heteroatoms. The third-order valence-electron chi connectivity index (χ3n) is 6.26. The molecule has 172 valence electrons. The highest BCUT2D eigenvalue weighted by molar-refractivity contribution is 5.76. The number of hydrogen-bond acceptors (Lipinski definition) is 2. The first-order chi connectivity index (χ1) is 16.0. The molecule has 0 radical (unpaired) electrons. The highest BCUT2D eigenvalue weighted by Crippen LogP contribution is 2.28. The Morgan fingerprint density at radius 3 is 2.30 bits per heavy atom. The molecule has 0 bridgehead atoms. The van der Waals surface area contributed by atoms with Gasteiger partial charge in [0.1, 0.15) is 11.6 Å². The zero-order valence-corrected chi connectivity index (χ0v) is 20.4. The number of aryl methyl sites for hydroxylation is 2. The molecule has 33 heavy (non-hydrogen) atoms. The number of unbranched alkanes of at least 4 members (excludes halogenated alkanes) is 1. The van der Waals surface area contributed by atoms with Gasteiger partial charge in [0, 0.05) is 12.5 Å². The maximum Gasteiger partial charge on any atom is 0.119 e. The van der Waals surface area contributed by atoms with Crippen LogP contribution in [0.5, 0.6) is 5.75 Å². The molecule has 1 unspecified atom stereocenters. The van der Waals surface area contributed by atoms with Gasteiger partial charge in [-0.3, -0.25) is 0 Å². The summed E-state index contributed by atoms with van der Waals surface area (Å²) in [5.74, 6) is 3.01. The summed E-state index contributed by atoms with van der Waals surface area (Å²) in [4.78, 5) is 5.05. The SMILES string of the molecule is Cc1ccc(OCCCCn2c(C(C)c3ccc(CC(C)C)cc3)nc3ccccc32)cc1. The number of hydrogen-bond donors (Lipinski definition) is 0. The maximum absolute atomic E-state index is 5.93. The van der Waals surface area contributed by atoms with Crippen LogP contribution >= 0.6 is 0 Å². The van der Waals surface area contributed by atoms with Gasteiger partial charge in [0.2, 0.25) is 0 Å². The lowest BCUT2D eigenvalue weighted by Gasteiger charge is -2.16. The van der Waals surface area contributed by atoms with E-state index in [1.54, 1.807) is 0 Å². The summed E-state index contributed by atoms with van der Waals surface area (Å²) in [5, 5.41) is 0. The van der Waals surface area contributed by atoms with E-state index in [1.165, 1.54) is 22.2 Å². The summed E-state index contributed by atoms with van der Waals surface area (Å²) in [6, 6.07) is 25.9. The normalized spacial score (nSPS) is 12.4. The van der Waals surface area contributed by atoms with E-state index in [0.717, 1.165) is 49.5 Å². The fraction of sp³-hybridized carbons (Fsp3) is 0.367. The molecular formula is C30H36N2O. The van der Waals surface area contributed by atoms with Crippen LogP contribution in [0.1, 0.15) is 62.0 Å². The van der Waals surface area contributed by atoms with Crippen LogP contribution in [0.25, 0.3) is 11.0 Å². The summed E-state index contributed by atoms with van der Waals surface area (Å²) in [5.41, 5.74) is 6.28. The summed E-state index contributed by atoms with van der Waals surface area (Å²) in [7, 11) is 0. The molecule has 0 spiro atoms. The number of imidazole rings is 1. The monoisotopic (exact) mass is 440 g/mol. The minimum atomic E-state index is 0.245. The van der Waals surface area contributed by atoms with Gasteiger partial charge in [-0.05, 0) is 67.5 Å². The van der Waals surface area contributed by atoms with Crippen LogP contribution < -0.4 is 4.74 Å². The van der Waals surface area contributed by atoms with E-state index in [9.17, 15) is 0 Å². The Morgan fingerprint density at radius 1 is 0.848 bits per heavy atom. The van der Waals surface area contributed by atoms with Crippen molar-refractivity contribution in [2.24, 2.45) is 5.92 Å². The molecule has 4 aromatic rings. The molecule has 3 aromatic carbocycles. The average Bonchev–Trinajstić information content (AvgIpc) is 3.18. The van der Waals surface area contributed by atoms with E-state index in [2.05, 4.69) is 92.9 Å². The van der Waals surface area contributed by atoms with Crippen molar-refractivity contribution < 1.29 is 4.74 Å². The van der Waals surface area contributed by atoms with Crippen molar-refractivity contribution in [3.8, 4) is 5.75 Å². The molecule has 0 saturated carbocycles. The van der Waals surface area contributed by atoms with E-state index in [4.69, 9.17) is 9.72 Å². The van der Waals surface area contributed by atoms with Gasteiger partial charge in [0.15, 0.2) is 0 Å². The largest absolute Gasteiger partial charge is 0.494 e. The van der Waals surface area contributed by atoms with E-state index in [0.29, 0.717) is 5.92 Å². The quantitative estimate of drug-likeness (QED) is 0.238. The molecule has 0 fully saturated rings. The summed E-state index contributed by atoms with van der Waals surface area (Å²) in [6.45, 7) is 10.6. The molecule has 0 amide bonds. The van der Waals surface area contributed by atoms with Crippen LogP contribution in [0.15, 0.2) is 72.8 Å². The van der Waals surface area contributed by atoms with Crippen molar-refractivity contribution in [2.45, 2.75) is 59.4 Å². The third kappa shape index (κ3) is 5.84. The summed E-state index contributed by atoms with van der Waals surface area (Å²) < 4.78 is 8.34. The van der Waals surface area contributed by atoms with Crippen LogP contribution in [-0.4, -0.2) is 16.2 Å². The molecule has 0 saturated heterocycles. The number of aromatic nitrogens is 2. The first-order valence-corrected chi connectivity index (χ1v) is 12.2. The Bertz CT molecular complexity index is 1160.